The summed E-state index contributed by atoms with van der Waals surface area (Å²) in [6.07, 6.45) is 1.92. The van der Waals surface area contributed by atoms with Crippen LogP contribution in [-0.2, 0) is 21.2 Å². The number of sulfonamides is 1. The molecule has 24 heavy (non-hydrogen) atoms. The number of aromatic nitrogens is 1. The van der Waals surface area contributed by atoms with Crippen LogP contribution >= 0.6 is 11.3 Å². The number of thiophene rings is 1. The number of amides is 1. The van der Waals surface area contributed by atoms with Crippen LogP contribution in [0.25, 0.3) is 0 Å². The lowest BCUT2D eigenvalue weighted by Crippen LogP contribution is -2.27. The van der Waals surface area contributed by atoms with Gasteiger partial charge in [0.15, 0.2) is 5.76 Å². The van der Waals surface area contributed by atoms with Gasteiger partial charge in [0, 0.05) is 18.0 Å². The third-order valence-corrected chi connectivity index (χ3v) is 7.38. The van der Waals surface area contributed by atoms with Gasteiger partial charge in [-0.2, -0.15) is 4.31 Å². The molecule has 3 heterocycles. The molecule has 9 heteroatoms. The summed E-state index contributed by atoms with van der Waals surface area (Å²) in [6.45, 7) is 4.61. The van der Waals surface area contributed by atoms with Crippen molar-refractivity contribution in [2.24, 2.45) is 0 Å². The highest BCUT2D eigenvalue weighted by atomic mass is 32.2. The SMILES string of the molecule is Cc1noc(C)c1NC(=O)Cc1ccc(S(=O)(=O)N2CCCC2)s1. The summed E-state index contributed by atoms with van der Waals surface area (Å²) in [7, 11) is -3.42. The summed E-state index contributed by atoms with van der Waals surface area (Å²) in [6, 6.07) is 3.28. The zero-order valence-electron chi connectivity index (χ0n) is 13.5. The largest absolute Gasteiger partial charge is 0.359 e. The molecule has 0 atom stereocenters. The standard InChI is InChI=1S/C15H19N3O4S2/c1-10-15(11(2)22-17-10)16-13(19)9-12-5-6-14(23-12)24(20,21)18-7-3-4-8-18/h5-6H,3-4,7-9H2,1-2H3,(H,16,19). The van der Waals surface area contributed by atoms with Gasteiger partial charge in [-0.25, -0.2) is 8.42 Å². The van der Waals surface area contributed by atoms with E-state index in [1.807, 2.05) is 0 Å². The van der Waals surface area contributed by atoms with Gasteiger partial charge in [0.1, 0.15) is 15.6 Å². The highest BCUT2D eigenvalue weighted by Gasteiger charge is 2.28. The van der Waals surface area contributed by atoms with Gasteiger partial charge in [0.2, 0.25) is 5.91 Å². The number of nitrogens with one attached hydrogen (secondary N) is 1. The Bertz CT molecular complexity index is 828. The van der Waals surface area contributed by atoms with E-state index in [1.54, 1.807) is 26.0 Å². The molecule has 1 saturated heterocycles. The summed E-state index contributed by atoms with van der Waals surface area (Å²) in [5.41, 5.74) is 1.19. The molecular formula is C15H19N3O4S2. The average molecular weight is 369 g/mol. The molecule has 2 aromatic heterocycles. The van der Waals surface area contributed by atoms with Crippen molar-refractivity contribution in [1.29, 1.82) is 0 Å². The second-order valence-electron chi connectivity index (χ2n) is 5.76. The molecule has 7 nitrogen and oxygen atoms in total. The third kappa shape index (κ3) is 3.38. The first-order valence-electron chi connectivity index (χ1n) is 7.69. The summed E-state index contributed by atoms with van der Waals surface area (Å²) < 4.78 is 31.8. The van der Waals surface area contributed by atoms with Gasteiger partial charge in [-0.15, -0.1) is 11.3 Å². The number of nitrogens with zero attached hydrogens (tertiary/aromatic N) is 2. The van der Waals surface area contributed by atoms with E-state index >= 15 is 0 Å². The number of carbonyl (C=O) groups excluding carboxylic acids is 1. The molecule has 0 spiro atoms. The molecule has 1 aliphatic rings. The Labute approximate surface area is 144 Å². The van der Waals surface area contributed by atoms with Crippen LogP contribution in [0.15, 0.2) is 20.9 Å². The fraction of sp³-hybridized carbons (Fsp3) is 0.467. The predicted octanol–water partition coefficient (Wildman–Crippen LogP) is 2.32. The van der Waals surface area contributed by atoms with Crippen molar-refractivity contribution in [2.45, 2.75) is 37.3 Å². The van der Waals surface area contributed by atoms with Crippen molar-refractivity contribution in [3.63, 3.8) is 0 Å². The quantitative estimate of drug-likeness (QED) is 0.873. The Morgan fingerprint density at radius 2 is 2.04 bits per heavy atom. The Hall–Kier alpha value is -1.71. The van der Waals surface area contributed by atoms with Crippen LogP contribution in [0.4, 0.5) is 5.69 Å². The number of carbonyl (C=O) groups is 1. The van der Waals surface area contributed by atoms with E-state index in [-0.39, 0.29) is 12.3 Å². The Morgan fingerprint density at radius 3 is 2.67 bits per heavy atom. The number of anilines is 1. The van der Waals surface area contributed by atoms with Crippen molar-refractivity contribution < 1.29 is 17.7 Å². The van der Waals surface area contributed by atoms with Crippen LogP contribution in [0.1, 0.15) is 29.2 Å². The maximum Gasteiger partial charge on any atom is 0.252 e. The lowest BCUT2D eigenvalue weighted by molar-refractivity contribution is -0.115. The van der Waals surface area contributed by atoms with E-state index in [4.69, 9.17) is 4.52 Å². The first-order chi connectivity index (χ1) is 11.4. The van der Waals surface area contributed by atoms with Crippen LogP contribution in [0.5, 0.6) is 0 Å². The summed E-state index contributed by atoms with van der Waals surface area (Å²) in [5.74, 6) is 0.320. The normalized spacial score (nSPS) is 15.8. The second-order valence-corrected chi connectivity index (χ2v) is 9.09. The van der Waals surface area contributed by atoms with E-state index in [0.29, 0.717) is 39.3 Å². The van der Waals surface area contributed by atoms with Gasteiger partial charge in [-0.1, -0.05) is 5.16 Å². The van der Waals surface area contributed by atoms with E-state index in [2.05, 4.69) is 10.5 Å². The maximum absolute atomic E-state index is 12.5. The van der Waals surface area contributed by atoms with Crippen LogP contribution in [0.2, 0.25) is 0 Å². The lowest BCUT2D eigenvalue weighted by Gasteiger charge is -2.13. The highest BCUT2D eigenvalue weighted by molar-refractivity contribution is 7.91. The monoisotopic (exact) mass is 369 g/mol. The molecule has 3 rings (SSSR count). The van der Waals surface area contributed by atoms with Crippen molar-refractivity contribution in [3.8, 4) is 0 Å². The number of rotatable bonds is 5. The first kappa shape index (κ1) is 17.1. The minimum atomic E-state index is -3.42. The molecule has 1 amide bonds. The van der Waals surface area contributed by atoms with Crippen LogP contribution in [0.3, 0.4) is 0 Å². The molecule has 0 aliphatic carbocycles. The third-order valence-electron chi connectivity index (χ3n) is 3.93. The highest BCUT2D eigenvalue weighted by Crippen LogP contribution is 2.28. The fourth-order valence-corrected chi connectivity index (χ4v) is 5.68. The molecular weight excluding hydrogens is 350 g/mol. The molecule has 1 fully saturated rings. The molecule has 0 saturated carbocycles. The average Bonchev–Trinajstić information content (AvgIpc) is 3.25. The van der Waals surface area contributed by atoms with Crippen molar-refractivity contribution >= 4 is 33.0 Å². The van der Waals surface area contributed by atoms with Gasteiger partial charge in [0.05, 0.1) is 6.42 Å². The molecule has 1 aliphatic heterocycles. The zero-order valence-corrected chi connectivity index (χ0v) is 15.2. The molecule has 0 radical (unpaired) electrons. The Balaban J connectivity index is 1.69. The summed E-state index contributed by atoms with van der Waals surface area (Å²) in [4.78, 5) is 12.9. The first-order valence-corrected chi connectivity index (χ1v) is 9.95. The topological polar surface area (TPSA) is 92.5 Å². The molecule has 130 valence electrons. The van der Waals surface area contributed by atoms with Gasteiger partial charge in [0.25, 0.3) is 10.0 Å². The maximum atomic E-state index is 12.5. The van der Waals surface area contributed by atoms with Crippen LogP contribution < -0.4 is 5.32 Å². The second kappa shape index (κ2) is 6.66. The molecule has 1 N–H and O–H groups in total. The minimum Gasteiger partial charge on any atom is -0.359 e. The molecule has 0 bridgehead atoms. The van der Waals surface area contributed by atoms with Crippen LogP contribution in [-0.4, -0.2) is 36.9 Å². The van der Waals surface area contributed by atoms with Crippen LogP contribution in [0, 0.1) is 13.8 Å². The number of aryl methyl sites for hydroxylation is 2. The Kier molecular flexibility index (Phi) is 4.75. The van der Waals surface area contributed by atoms with E-state index < -0.39 is 10.0 Å². The van der Waals surface area contributed by atoms with Gasteiger partial charge >= 0.3 is 0 Å². The van der Waals surface area contributed by atoms with Crippen molar-refractivity contribution in [2.75, 3.05) is 18.4 Å². The Morgan fingerprint density at radius 1 is 1.33 bits per heavy atom. The van der Waals surface area contributed by atoms with Gasteiger partial charge in [-0.05, 0) is 38.8 Å². The molecule has 0 unspecified atom stereocenters. The zero-order chi connectivity index (χ0) is 17.3. The number of hydrogen-bond donors (Lipinski definition) is 1. The van der Waals surface area contributed by atoms with E-state index in [0.717, 1.165) is 24.2 Å². The van der Waals surface area contributed by atoms with Gasteiger partial charge < -0.3 is 9.84 Å². The van der Waals surface area contributed by atoms with Gasteiger partial charge in [-0.3, -0.25) is 4.79 Å². The summed E-state index contributed by atoms with van der Waals surface area (Å²) >= 11 is 1.15. The van der Waals surface area contributed by atoms with Crippen molar-refractivity contribution in [1.82, 2.24) is 9.46 Å². The predicted molar refractivity (Wildman–Crippen MR) is 90.6 cm³/mol. The smallest absolute Gasteiger partial charge is 0.252 e. The summed E-state index contributed by atoms with van der Waals surface area (Å²) in [5, 5.41) is 6.55. The minimum absolute atomic E-state index is 0.115. The van der Waals surface area contributed by atoms with E-state index in [1.165, 1.54) is 4.31 Å². The molecule has 0 aromatic carbocycles. The fourth-order valence-electron chi connectivity index (χ4n) is 2.65. The lowest BCUT2D eigenvalue weighted by atomic mass is 10.3. The number of hydrogen-bond acceptors (Lipinski definition) is 6. The van der Waals surface area contributed by atoms with Crippen molar-refractivity contribution in [3.05, 3.63) is 28.5 Å². The molecule has 2 aromatic rings. The van der Waals surface area contributed by atoms with E-state index in [9.17, 15) is 13.2 Å².